The normalized spacial score (nSPS) is 11.9. The fourth-order valence-electron chi connectivity index (χ4n) is 2.20. The van der Waals surface area contributed by atoms with Gasteiger partial charge in [-0.3, -0.25) is 0 Å². The molecule has 0 aliphatic heterocycles. The smallest absolute Gasteiger partial charge is 0.227 e. The van der Waals surface area contributed by atoms with Gasteiger partial charge in [0.05, 0.1) is 10.6 Å². The summed E-state index contributed by atoms with van der Waals surface area (Å²) in [6, 6.07) is 11.9. The van der Waals surface area contributed by atoms with Gasteiger partial charge in [0, 0.05) is 10.6 Å². The number of rotatable bonds is 4. The minimum atomic E-state index is -3.26. The molecule has 22 heavy (non-hydrogen) atoms. The summed E-state index contributed by atoms with van der Waals surface area (Å²) in [5.41, 5.74) is 1.88. The van der Waals surface area contributed by atoms with E-state index in [-0.39, 0.29) is 10.6 Å². The van der Waals surface area contributed by atoms with E-state index in [0.29, 0.717) is 28.4 Å². The van der Waals surface area contributed by atoms with Gasteiger partial charge in [-0.1, -0.05) is 18.5 Å². The maximum atomic E-state index is 12.1. The van der Waals surface area contributed by atoms with Crippen LogP contribution in [0, 0.1) is 0 Å². The molecule has 114 valence electrons. The molecule has 0 atom stereocenters. The van der Waals surface area contributed by atoms with E-state index in [1.807, 2.05) is 19.1 Å². The second-order valence-corrected chi connectivity index (χ2v) is 7.52. The van der Waals surface area contributed by atoms with Crippen molar-refractivity contribution in [2.24, 2.45) is 0 Å². The molecule has 3 rings (SSSR count). The molecule has 4 nitrogen and oxygen atoms in total. The van der Waals surface area contributed by atoms with Crippen LogP contribution in [0.2, 0.25) is 5.02 Å². The molecule has 1 aromatic heterocycles. The molecule has 2 aromatic carbocycles. The summed E-state index contributed by atoms with van der Waals surface area (Å²) in [4.78, 5) is 4.65. The quantitative estimate of drug-likeness (QED) is 0.712. The van der Waals surface area contributed by atoms with Gasteiger partial charge >= 0.3 is 0 Å². The Hall–Kier alpha value is -1.85. The number of aromatic nitrogens is 1. The summed E-state index contributed by atoms with van der Waals surface area (Å²) in [6.07, 6.45) is 0.579. The Balaban J connectivity index is 2.05. The van der Waals surface area contributed by atoms with Crippen molar-refractivity contribution in [1.29, 1.82) is 0 Å². The molecule has 0 unspecified atom stereocenters. The zero-order chi connectivity index (χ0) is 15.7. The number of benzene rings is 2. The molecular weight excluding hydrogens is 322 g/mol. The maximum absolute atomic E-state index is 12.1. The molecule has 1 heterocycles. The second kappa shape index (κ2) is 5.74. The first-order valence-corrected chi connectivity index (χ1v) is 8.92. The summed E-state index contributed by atoms with van der Waals surface area (Å²) in [5.74, 6) is 0.567. The number of halogens is 1. The average molecular weight is 336 g/mol. The third-order valence-corrected chi connectivity index (χ3v) is 5.45. The van der Waals surface area contributed by atoms with Crippen LogP contribution in [0.1, 0.15) is 13.3 Å². The molecule has 6 heteroatoms. The van der Waals surface area contributed by atoms with Gasteiger partial charge in [-0.25, -0.2) is 13.4 Å². The van der Waals surface area contributed by atoms with Gasteiger partial charge in [0.2, 0.25) is 5.89 Å². The Morgan fingerprint density at radius 2 is 1.86 bits per heavy atom. The Bertz CT molecular complexity index is 914. The van der Waals surface area contributed by atoms with Crippen molar-refractivity contribution in [3.63, 3.8) is 0 Å². The lowest BCUT2D eigenvalue weighted by Gasteiger charge is -2.01. The van der Waals surface area contributed by atoms with Crippen LogP contribution in [-0.4, -0.2) is 19.2 Å². The second-order valence-electron chi connectivity index (χ2n) is 4.97. The van der Waals surface area contributed by atoms with Crippen LogP contribution in [-0.2, 0) is 9.84 Å². The van der Waals surface area contributed by atoms with Gasteiger partial charge in [-0.15, -0.1) is 0 Å². The monoisotopic (exact) mass is 335 g/mol. The van der Waals surface area contributed by atoms with Crippen LogP contribution in [0.3, 0.4) is 0 Å². The maximum Gasteiger partial charge on any atom is 0.227 e. The number of fused-ring (bicyclic) bond motifs is 1. The van der Waals surface area contributed by atoms with Crippen LogP contribution < -0.4 is 0 Å². The van der Waals surface area contributed by atoms with Crippen LogP contribution in [0.15, 0.2) is 51.8 Å². The molecule has 3 aromatic rings. The van der Waals surface area contributed by atoms with Crippen molar-refractivity contribution in [2.75, 3.05) is 5.75 Å². The summed E-state index contributed by atoms with van der Waals surface area (Å²) in [7, 11) is -3.26. The van der Waals surface area contributed by atoms with Crippen LogP contribution in [0.4, 0.5) is 0 Å². The van der Waals surface area contributed by atoms with Crippen LogP contribution in [0.5, 0.6) is 0 Å². The number of hydrogen-bond acceptors (Lipinski definition) is 4. The molecule has 0 fully saturated rings. The molecule has 0 bridgehead atoms. The molecule has 0 amide bonds. The SMILES string of the molecule is CCCS(=O)(=O)c1ccc2oc(-c3ccc(Cl)cc3)nc2c1. The predicted octanol–water partition coefficient (Wildman–Crippen LogP) is 4.33. The van der Waals surface area contributed by atoms with E-state index in [9.17, 15) is 8.42 Å². The minimum Gasteiger partial charge on any atom is -0.436 e. The van der Waals surface area contributed by atoms with E-state index in [1.165, 1.54) is 0 Å². The average Bonchev–Trinajstić information content (AvgIpc) is 2.90. The zero-order valence-corrected chi connectivity index (χ0v) is 13.5. The van der Waals surface area contributed by atoms with Crippen LogP contribution >= 0.6 is 11.6 Å². The third-order valence-electron chi connectivity index (χ3n) is 3.28. The molecule has 0 aliphatic rings. The molecule has 0 saturated carbocycles. The number of nitrogens with zero attached hydrogens (tertiary/aromatic N) is 1. The van der Waals surface area contributed by atoms with Crippen molar-refractivity contribution in [2.45, 2.75) is 18.2 Å². The molecule has 0 saturated heterocycles. The summed E-state index contributed by atoms with van der Waals surface area (Å²) in [5, 5.41) is 0.632. The first-order valence-electron chi connectivity index (χ1n) is 6.89. The fourth-order valence-corrected chi connectivity index (χ4v) is 3.67. The Morgan fingerprint density at radius 3 is 2.55 bits per heavy atom. The van der Waals surface area contributed by atoms with E-state index >= 15 is 0 Å². The van der Waals surface area contributed by atoms with Crippen molar-refractivity contribution >= 4 is 32.5 Å². The number of hydrogen-bond donors (Lipinski definition) is 0. The van der Waals surface area contributed by atoms with Crippen molar-refractivity contribution in [1.82, 2.24) is 4.98 Å². The number of sulfone groups is 1. The van der Waals surface area contributed by atoms with E-state index < -0.39 is 9.84 Å². The molecule has 0 N–H and O–H groups in total. The molecule has 0 spiro atoms. The molecule has 0 radical (unpaired) electrons. The van der Waals surface area contributed by atoms with Gasteiger partial charge < -0.3 is 4.42 Å². The van der Waals surface area contributed by atoms with Gasteiger partial charge in [0.15, 0.2) is 15.4 Å². The van der Waals surface area contributed by atoms with Crippen molar-refractivity contribution < 1.29 is 12.8 Å². The van der Waals surface area contributed by atoms with Gasteiger partial charge in [0.25, 0.3) is 0 Å². The summed E-state index contributed by atoms with van der Waals surface area (Å²) >= 11 is 5.86. The van der Waals surface area contributed by atoms with E-state index in [1.54, 1.807) is 30.3 Å². The topological polar surface area (TPSA) is 60.2 Å². The Kier molecular flexibility index (Phi) is 3.93. The first kappa shape index (κ1) is 15.1. The molecular formula is C16H14ClNO3S. The Labute approximate surface area is 133 Å². The lowest BCUT2D eigenvalue weighted by Crippen LogP contribution is -2.05. The molecule has 0 aliphatic carbocycles. The summed E-state index contributed by atoms with van der Waals surface area (Å²) in [6.45, 7) is 1.84. The highest BCUT2D eigenvalue weighted by Gasteiger charge is 2.16. The standard InChI is InChI=1S/C16H14ClNO3S/c1-2-9-22(19,20)13-7-8-15-14(10-13)18-16(21-15)11-3-5-12(17)6-4-11/h3-8,10H,2,9H2,1H3. The third kappa shape index (κ3) is 2.87. The van der Waals surface area contributed by atoms with Gasteiger partial charge in [0.1, 0.15) is 5.52 Å². The Morgan fingerprint density at radius 1 is 1.14 bits per heavy atom. The zero-order valence-electron chi connectivity index (χ0n) is 11.9. The van der Waals surface area contributed by atoms with Crippen molar-refractivity contribution in [3.05, 3.63) is 47.5 Å². The van der Waals surface area contributed by atoms with Gasteiger partial charge in [-0.2, -0.15) is 0 Å². The van der Waals surface area contributed by atoms with Gasteiger partial charge in [-0.05, 0) is 48.9 Å². The van der Waals surface area contributed by atoms with Crippen LogP contribution in [0.25, 0.3) is 22.6 Å². The summed E-state index contributed by atoms with van der Waals surface area (Å²) < 4.78 is 29.9. The lowest BCUT2D eigenvalue weighted by molar-refractivity contribution is 0.594. The predicted molar refractivity (Wildman–Crippen MR) is 86.8 cm³/mol. The first-order chi connectivity index (χ1) is 10.5. The highest BCUT2D eigenvalue weighted by molar-refractivity contribution is 7.91. The highest BCUT2D eigenvalue weighted by atomic mass is 35.5. The minimum absolute atomic E-state index is 0.125. The fraction of sp³-hybridized carbons (Fsp3) is 0.188. The van der Waals surface area contributed by atoms with E-state index in [0.717, 1.165) is 5.56 Å². The lowest BCUT2D eigenvalue weighted by atomic mass is 10.2. The van der Waals surface area contributed by atoms with E-state index in [4.69, 9.17) is 16.0 Å². The van der Waals surface area contributed by atoms with E-state index in [2.05, 4.69) is 4.98 Å². The number of oxazole rings is 1. The van der Waals surface area contributed by atoms with Crippen molar-refractivity contribution in [3.8, 4) is 11.5 Å². The largest absolute Gasteiger partial charge is 0.436 e. The highest BCUT2D eigenvalue weighted by Crippen LogP contribution is 2.27.